The summed E-state index contributed by atoms with van der Waals surface area (Å²) in [6, 6.07) is 5.46. The van der Waals surface area contributed by atoms with E-state index in [1.165, 1.54) is 4.31 Å². The van der Waals surface area contributed by atoms with E-state index < -0.39 is 10.2 Å². The van der Waals surface area contributed by atoms with Crippen LogP contribution in [0.15, 0.2) is 24.4 Å². The SMILES string of the molecule is C[C@@H]1CCCN(S(=O)(=O)NCc2ccccn2)C1. The quantitative estimate of drug-likeness (QED) is 0.892. The fourth-order valence-corrected chi connectivity index (χ4v) is 3.46. The smallest absolute Gasteiger partial charge is 0.260 e. The topological polar surface area (TPSA) is 62.3 Å². The van der Waals surface area contributed by atoms with E-state index in [0.717, 1.165) is 18.5 Å². The summed E-state index contributed by atoms with van der Waals surface area (Å²) in [4.78, 5) is 4.10. The number of aromatic nitrogens is 1. The molecule has 1 aliphatic heterocycles. The van der Waals surface area contributed by atoms with Crippen molar-refractivity contribution in [3.8, 4) is 0 Å². The van der Waals surface area contributed by atoms with Crippen LogP contribution < -0.4 is 4.72 Å². The Labute approximate surface area is 108 Å². The Balaban J connectivity index is 1.95. The lowest BCUT2D eigenvalue weighted by atomic mass is 10.0. The molecule has 0 unspecified atom stereocenters. The molecule has 100 valence electrons. The number of hydrogen-bond acceptors (Lipinski definition) is 3. The molecular weight excluding hydrogens is 250 g/mol. The van der Waals surface area contributed by atoms with E-state index in [2.05, 4.69) is 16.6 Å². The average Bonchev–Trinajstić information content (AvgIpc) is 2.38. The molecule has 0 saturated carbocycles. The predicted molar refractivity (Wildman–Crippen MR) is 70.0 cm³/mol. The first-order chi connectivity index (χ1) is 8.58. The van der Waals surface area contributed by atoms with Crippen LogP contribution in [0.3, 0.4) is 0 Å². The Morgan fingerprint density at radius 2 is 2.33 bits per heavy atom. The molecule has 18 heavy (non-hydrogen) atoms. The van der Waals surface area contributed by atoms with Crippen LogP contribution in [-0.2, 0) is 16.8 Å². The molecule has 2 heterocycles. The van der Waals surface area contributed by atoms with Gasteiger partial charge in [-0.1, -0.05) is 13.0 Å². The zero-order valence-electron chi connectivity index (χ0n) is 10.5. The molecule has 2 rings (SSSR count). The van der Waals surface area contributed by atoms with Crippen molar-refractivity contribution in [3.63, 3.8) is 0 Å². The number of piperidine rings is 1. The molecule has 0 aromatic carbocycles. The summed E-state index contributed by atoms with van der Waals surface area (Å²) < 4.78 is 28.3. The van der Waals surface area contributed by atoms with E-state index in [1.54, 1.807) is 12.3 Å². The minimum atomic E-state index is -3.37. The first-order valence-electron chi connectivity index (χ1n) is 6.22. The lowest BCUT2D eigenvalue weighted by molar-refractivity contribution is 0.278. The van der Waals surface area contributed by atoms with Crippen LogP contribution in [0.2, 0.25) is 0 Å². The molecule has 1 fully saturated rings. The fraction of sp³-hybridized carbons (Fsp3) is 0.583. The van der Waals surface area contributed by atoms with E-state index in [-0.39, 0.29) is 6.54 Å². The summed E-state index contributed by atoms with van der Waals surface area (Å²) in [7, 11) is -3.37. The Morgan fingerprint density at radius 1 is 1.50 bits per heavy atom. The molecule has 0 radical (unpaired) electrons. The largest absolute Gasteiger partial charge is 0.279 e. The highest BCUT2D eigenvalue weighted by Gasteiger charge is 2.26. The Kier molecular flexibility index (Phi) is 4.31. The molecule has 1 aromatic heterocycles. The second kappa shape index (κ2) is 5.77. The molecule has 5 nitrogen and oxygen atoms in total. The maximum atomic E-state index is 12.1. The molecule has 1 aliphatic rings. The highest BCUT2D eigenvalue weighted by Crippen LogP contribution is 2.17. The Morgan fingerprint density at radius 3 is 3.00 bits per heavy atom. The van der Waals surface area contributed by atoms with Crippen molar-refractivity contribution in [2.45, 2.75) is 26.3 Å². The van der Waals surface area contributed by atoms with Crippen LogP contribution >= 0.6 is 0 Å². The first kappa shape index (κ1) is 13.5. The van der Waals surface area contributed by atoms with Gasteiger partial charge in [-0.3, -0.25) is 4.98 Å². The highest BCUT2D eigenvalue weighted by atomic mass is 32.2. The van der Waals surface area contributed by atoms with Crippen molar-refractivity contribution in [1.82, 2.24) is 14.0 Å². The number of pyridine rings is 1. The summed E-state index contributed by atoms with van der Waals surface area (Å²) >= 11 is 0. The molecule has 1 saturated heterocycles. The second-order valence-electron chi connectivity index (χ2n) is 4.75. The van der Waals surface area contributed by atoms with Crippen LogP contribution in [0.4, 0.5) is 0 Å². The number of nitrogens with zero attached hydrogens (tertiary/aromatic N) is 2. The molecule has 6 heteroatoms. The zero-order valence-corrected chi connectivity index (χ0v) is 11.4. The van der Waals surface area contributed by atoms with Gasteiger partial charge in [-0.05, 0) is 30.9 Å². The van der Waals surface area contributed by atoms with Crippen molar-refractivity contribution >= 4 is 10.2 Å². The van der Waals surface area contributed by atoms with Gasteiger partial charge in [0.05, 0.1) is 12.2 Å². The monoisotopic (exact) mass is 269 g/mol. The third-order valence-corrected chi connectivity index (χ3v) is 4.64. The maximum Gasteiger partial charge on any atom is 0.279 e. The molecule has 0 aliphatic carbocycles. The normalized spacial score (nSPS) is 21.9. The number of rotatable bonds is 4. The van der Waals surface area contributed by atoms with E-state index >= 15 is 0 Å². The third-order valence-electron chi connectivity index (χ3n) is 3.12. The lowest BCUT2D eigenvalue weighted by Gasteiger charge is -2.29. The van der Waals surface area contributed by atoms with Gasteiger partial charge in [-0.2, -0.15) is 17.4 Å². The van der Waals surface area contributed by atoms with Crippen molar-refractivity contribution < 1.29 is 8.42 Å². The number of hydrogen-bond donors (Lipinski definition) is 1. The third kappa shape index (κ3) is 3.51. The van der Waals surface area contributed by atoms with Gasteiger partial charge >= 0.3 is 0 Å². The van der Waals surface area contributed by atoms with Crippen LogP contribution in [0, 0.1) is 5.92 Å². The average molecular weight is 269 g/mol. The molecule has 0 bridgehead atoms. The van der Waals surface area contributed by atoms with Crippen LogP contribution in [0.1, 0.15) is 25.5 Å². The van der Waals surface area contributed by atoms with Gasteiger partial charge < -0.3 is 0 Å². The van der Waals surface area contributed by atoms with E-state index in [1.807, 2.05) is 12.1 Å². The first-order valence-corrected chi connectivity index (χ1v) is 7.66. The van der Waals surface area contributed by atoms with Crippen LogP contribution in [-0.4, -0.2) is 30.8 Å². The minimum Gasteiger partial charge on any atom is -0.260 e. The van der Waals surface area contributed by atoms with Crippen molar-refractivity contribution in [2.24, 2.45) is 5.92 Å². The van der Waals surface area contributed by atoms with Gasteiger partial charge in [0.25, 0.3) is 10.2 Å². The van der Waals surface area contributed by atoms with Crippen molar-refractivity contribution in [2.75, 3.05) is 13.1 Å². The van der Waals surface area contributed by atoms with E-state index in [4.69, 9.17) is 0 Å². The Hall–Kier alpha value is -0.980. The summed E-state index contributed by atoms with van der Waals surface area (Å²) in [6.45, 7) is 3.55. The summed E-state index contributed by atoms with van der Waals surface area (Å²) in [6.07, 6.45) is 3.70. The minimum absolute atomic E-state index is 0.244. The van der Waals surface area contributed by atoms with Gasteiger partial charge in [0.15, 0.2) is 0 Å². The molecule has 0 spiro atoms. The van der Waals surface area contributed by atoms with E-state index in [9.17, 15) is 8.42 Å². The highest BCUT2D eigenvalue weighted by molar-refractivity contribution is 7.87. The van der Waals surface area contributed by atoms with Gasteiger partial charge in [0.1, 0.15) is 0 Å². The maximum absolute atomic E-state index is 12.1. The van der Waals surface area contributed by atoms with Crippen LogP contribution in [0.25, 0.3) is 0 Å². The van der Waals surface area contributed by atoms with Gasteiger partial charge in [-0.25, -0.2) is 0 Å². The molecule has 0 amide bonds. The van der Waals surface area contributed by atoms with Crippen LogP contribution in [0.5, 0.6) is 0 Å². The van der Waals surface area contributed by atoms with Crippen molar-refractivity contribution in [3.05, 3.63) is 30.1 Å². The summed E-state index contributed by atoms with van der Waals surface area (Å²) in [5, 5.41) is 0. The van der Waals surface area contributed by atoms with E-state index in [0.29, 0.717) is 19.0 Å². The molecule has 1 aromatic rings. The van der Waals surface area contributed by atoms with Gasteiger partial charge in [0, 0.05) is 19.3 Å². The fourth-order valence-electron chi connectivity index (χ4n) is 2.12. The summed E-state index contributed by atoms with van der Waals surface area (Å²) in [5.74, 6) is 0.435. The molecular formula is C12H19N3O2S. The number of nitrogens with one attached hydrogen (secondary N) is 1. The second-order valence-corrected chi connectivity index (χ2v) is 6.51. The van der Waals surface area contributed by atoms with Gasteiger partial charge in [0.2, 0.25) is 0 Å². The standard InChI is InChI=1S/C12H19N3O2S/c1-11-5-4-8-15(10-11)18(16,17)14-9-12-6-2-3-7-13-12/h2-3,6-7,11,14H,4-5,8-10H2,1H3/t11-/m1/s1. The van der Waals surface area contributed by atoms with Gasteiger partial charge in [-0.15, -0.1) is 0 Å². The Bertz CT molecular complexity index is 475. The predicted octanol–water partition coefficient (Wildman–Crippen LogP) is 1.15. The lowest BCUT2D eigenvalue weighted by Crippen LogP contribution is -2.45. The molecule has 1 atom stereocenters. The molecule has 1 N–H and O–H groups in total. The zero-order chi connectivity index (χ0) is 13.0. The van der Waals surface area contributed by atoms with Crippen molar-refractivity contribution in [1.29, 1.82) is 0 Å². The summed E-state index contributed by atoms with van der Waals surface area (Å²) in [5.41, 5.74) is 0.728.